The van der Waals surface area contributed by atoms with Gasteiger partial charge in [-0.05, 0) is 35.8 Å². The summed E-state index contributed by atoms with van der Waals surface area (Å²) in [6, 6.07) is 8.44. The van der Waals surface area contributed by atoms with Crippen molar-refractivity contribution in [2.45, 2.75) is 59.8 Å². The van der Waals surface area contributed by atoms with Gasteiger partial charge in [0.15, 0.2) is 0 Å². The quantitative estimate of drug-likeness (QED) is 0.422. The molecule has 0 bridgehead atoms. The van der Waals surface area contributed by atoms with E-state index in [-0.39, 0.29) is 0 Å². The van der Waals surface area contributed by atoms with Gasteiger partial charge in [-0.1, -0.05) is 64.8 Å². The second-order valence-electron chi connectivity index (χ2n) is 7.11. The summed E-state index contributed by atoms with van der Waals surface area (Å²) in [5.74, 6) is 0. The molecule has 1 rings (SSSR count). The number of rotatable bonds is 9. The Kier molecular flexibility index (Phi) is 8.72. The summed E-state index contributed by atoms with van der Waals surface area (Å²) >= 11 is 0. The molecule has 0 unspecified atom stereocenters. The topological polar surface area (TPSA) is 24.7 Å². The number of hydrogen-bond donors (Lipinski definition) is 0. The molecule has 0 aromatic heterocycles. The van der Waals surface area contributed by atoms with E-state index in [4.69, 9.17) is 0 Å². The Morgan fingerprint density at radius 3 is 1.77 bits per heavy atom. The molecule has 22 heavy (non-hydrogen) atoms. The Bertz CT molecular complexity index is 450. The second kappa shape index (κ2) is 10.3. The lowest BCUT2D eigenvalue weighted by atomic mass is 9.90. The molecule has 0 aliphatic heterocycles. The third-order valence-corrected chi connectivity index (χ3v) is 3.52. The van der Waals surface area contributed by atoms with Gasteiger partial charge in [-0.25, -0.2) is 0 Å². The summed E-state index contributed by atoms with van der Waals surface area (Å²) in [5.41, 5.74) is 2.78. The molecule has 0 aliphatic carbocycles. The van der Waals surface area contributed by atoms with E-state index < -0.39 is 0 Å². The van der Waals surface area contributed by atoms with Gasteiger partial charge < -0.3 is 0 Å². The van der Waals surface area contributed by atoms with Crippen LogP contribution in [0, 0.1) is 5.41 Å². The van der Waals surface area contributed by atoms with Crippen LogP contribution in [0.3, 0.4) is 0 Å². The van der Waals surface area contributed by atoms with Gasteiger partial charge in [0.25, 0.3) is 0 Å². The van der Waals surface area contributed by atoms with Crippen LogP contribution >= 0.6 is 0 Å². The molecule has 2 heteroatoms. The zero-order chi connectivity index (χ0) is 16.3. The van der Waals surface area contributed by atoms with Crippen molar-refractivity contribution in [3.63, 3.8) is 0 Å². The van der Waals surface area contributed by atoms with Crippen molar-refractivity contribution in [3.8, 4) is 0 Å². The molecule has 1 aromatic rings. The molecule has 0 saturated carbocycles. The van der Waals surface area contributed by atoms with E-state index in [1.54, 1.807) is 0 Å². The van der Waals surface area contributed by atoms with Gasteiger partial charge in [-0.3, -0.25) is 9.98 Å². The van der Waals surface area contributed by atoms with Gasteiger partial charge in [0.05, 0.1) is 0 Å². The zero-order valence-corrected chi connectivity index (χ0v) is 14.8. The minimum absolute atomic E-state index is 0.443. The van der Waals surface area contributed by atoms with Crippen molar-refractivity contribution in [1.82, 2.24) is 0 Å². The van der Waals surface area contributed by atoms with Crippen LogP contribution in [0.25, 0.3) is 0 Å². The number of nitrogens with zero attached hydrogens (tertiary/aromatic N) is 2. The second-order valence-corrected chi connectivity index (χ2v) is 7.11. The van der Waals surface area contributed by atoms with E-state index in [0.717, 1.165) is 19.5 Å². The minimum Gasteiger partial charge on any atom is -0.293 e. The van der Waals surface area contributed by atoms with Gasteiger partial charge in [0.2, 0.25) is 0 Å². The standard InChI is InChI=1S/C20H32N2/c1-5-6-14-21-16-18-9-11-19(12-10-18)17-22-15-8-7-13-20(2,3)4/h9-12,16-17H,5-8,13-15H2,1-4H3. The fourth-order valence-corrected chi connectivity index (χ4v) is 2.12. The highest BCUT2D eigenvalue weighted by Crippen LogP contribution is 2.21. The molecule has 0 saturated heterocycles. The monoisotopic (exact) mass is 300 g/mol. The van der Waals surface area contributed by atoms with Crippen molar-refractivity contribution in [3.05, 3.63) is 35.4 Å². The molecule has 0 spiro atoms. The van der Waals surface area contributed by atoms with Gasteiger partial charge in [0.1, 0.15) is 0 Å². The van der Waals surface area contributed by atoms with Crippen molar-refractivity contribution in [2.24, 2.45) is 15.4 Å². The van der Waals surface area contributed by atoms with E-state index in [1.165, 1.54) is 36.8 Å². The van der Waals surface area contributed by atoms with Crippen LogP contribution in [-0.2, 0) is 0 Å². The molecule has 2 nitrogen and oxygen atoms in total. The summed E-state index contributed by atoms with van der Waals surface area (Å²) in [6.07, 6.45) is 10.0. The van der Waals surface area contributed by atoms with Crippen molar-refractivity contribution >= 4 is 12.4 Å². The Hall–Kier alpha value is -1.44. The molecule has 0 radical (unpaired) electrons. The number of aliphatic imine (C=N–C) groups is 2. The Morgan fingerprint density at radius 2 is 1.32 bits per heavy atom. The van der Waals surface area contributed by atoms with Crippen molar-refractivity contribution < 1.29 is 0 Å². The van der Waals surface area contributed by atoms with Crippen LogP contribution < -0.4 is 0 Å². The zero-order valence-electron chi connectivity index (χ0n) is 14.8. The van der Waals surface area contributed by atoms with Gasteiger partial charge >= 0.3 is 0 Å². The van der Waals surface area contributed by atoms with Gasteiger partial charge in [-0.15, -0.1) is 0 Å². The first-order chi connectivity index (χ1) is 10.5. The molecular weight excluding hydrogens is 268 g/mol. The summed E-state index contributed by atoms with van der Waals surface area (Å²) in [6.45, 7) is 10.9. The number of unbranched alkanes of at least 4 members (excludes halogenated alkanes) is 2. The predicted octanol–water partition coefficient (Wildman–Crippen LogP) is 5.54. The molecule has 0 aliphatic rings. The number of benzene rings is 1. The smallest absolute Gasteiger partial charge is 0.0389 e. The molecule has 0 amide bonds. The van der Waals surface area contributed by atoms with Crippen LogP contribution in [0.1, 0.15) is 70.9 Å². The summed E-state index contributed by atoms with van der Waals surface area (Å²) in [7, 11) is 0. The highest BCUT2D eigenvalue weighted by atomic mass is 14.7. The van der Waals surface area contributed by atoms with Crippen LogP contribution in [-0.4, -0.2) is 25.5 Å². The SMILES string of the molecule is CCCCN=Cc1ccc(C=NCCCCC(C)(C)C)cc1. The van der Waals surface area contributed by atoms with Crippen LogP contribution in [0.15, 0.2) is 34.3 Å². The third kappa shape index (κ3) is 9.49. The summed E-state index contributed by atoms with van der Waals surface area (Å²) < 4.78 is 0. The van der Waals surface area contributed by atoms with Crippen LogP contribution in [0.5, 0.6) is 0 Å². The average molecular weight is 300 g/mol. The van der Waals surface area contributed by atoms with E-state index in [0.29, 0.717) is 5.41 Å². The molecular formula is C20H32N2. The van der Waals surface area contributed by atoms with E-state index in [2.05, 4.69) is 61.9 Å². The Morgan fingerprint density at radius 1 is 0.818 bits per heavy atom. The first kappa shape index (κ1) is 18.6. The average Bonchev–Trinajstić information content (AvgIpc) is 2.47. The fourth-order valence-electron chi connectivity index (χ4n) is 2.12. The summed E-state index contributed by atoms with van der Waals surface area (Å²) in [5, 5.41) is 0. The van der Waals surface area contributed by atoms with E-state index in [9.17, 15) is 0 Å². The van der Waals surface area contributed by atoms with E-state index >= 15 is 0 Å². The number of hydrogen-bond acceptors (Lipinski definition) is 2. The molecule has 0 atom stereocenters. The molecule has 122 valence electrons. The van der Waals surface area contributed by atoms with Gasteiger partial charge in [-0.2, -0.15) is 0 Å². The van der Waals surface area contributed by atoms with Crippen LogP contribution in [0.4, 0.5) is 0 Å². The lowest BCUT2D eigenvalue weighted by Gasteiger charge is -2.16. The van der Waals surface area contributed by atoms with Crippen LogP contribution in [0.2, 0.25) is 0 Å². The third-order valence-electron chi connectivity index (χ3n) is 3.52. The minimum atomic E-state index is 0.443. The van der Waals surface area contributed by atoms with Crippen molar-refractivity contribution in [2.75, 3.05) is 13.1 Å². The first-order valence-electron chi connectivity index (χ1n) is 8.61. The molecule has 1 aromatic carbocycles. The Labute approximate surface area is 136 Å². The molecule has 0 N–H and O–H groups in total. The lowest BCUT2D eigenvalue weighted by molar-refractivity contribution is 0.361. The normalized spacial score (nSPS) is 12.5. The summed E-state index contributed by atoms with van der Waals surface area (Å²) in [4.78, 5) is 8.94. The highest BCUT2D eigenvalue weighted by Gasteiger charge is 2.08. The maximum Gasteiger partial charge on any atom is 0.0389 e. The molecule has 0 fully saturated rings. The Balaban J connectivity index is 2.28. The predicted molar refractivity (Wildman–Crippen MR) is 99.6 cm³/mol. The maximum atomic E-state index is 4.52. The largest absolute Gasteiger partial charge is 0.293 e. The highest BCUT2D eigenvalue weighted by molar-refractivity contribution is 5.84. The fraction of sp³-hybridized carbons (Fsp3) is 0.600. The van der Waals surface area contributed by atoms with E-state index in [1.807, 2.05) is 12.4 Å². The van der Waals surface area contributed by atoms with Gasteiger partial charge in [0, 0.05) is 25.5 Å². The first-order valence-corrected chi connectivity index (χ1v) is 8.61. The maximum absolute atomic E-state index is 4.52. The lowest BCUT2D eigenvalue weighted by Crippen LogP contribution is -2.04. The molecule has 0 heterocycles. The van der Waals surface area contributed by atoms with Crippen molar-refractivity contribution in [1.29, 1.82) is 0 Å².